The van der Waals surface area contributed by atoms with Crippen LogP contribution in [0.15, 0.2) is 90.2 Å². The zero-order valence-corrected chi connectivity index (χ0v) is 31.2. The standard InChI is InChI=1S/C42H47N3O7/c1-9-51-40(50)42(33-16-11-10-14-30(33)39(49)45(42)8)25-52-35(46)24-27-17-22-34(32(23-27)38(48)44(6)7)43-37(47)31-15-12-13-26(2)36(31)28-18-20-29(21-19-28)41(3,4)5/h10-16,18-23,27H,9,17,24-25H2,1-8H3,(H,43,47)/t27?,42-/m0/s1. The molecule has 0 fully saturated rings. The number of amides is 3. The molecule has 0 aromatic heterocycles. The van der Waals surface area contributed by atoms with Crippen molar-refractivity contribution in [1.29, 1.82) is 0 Å². The second kappa shape index (κ2) is 15.0. The zero-order chi connectivity index (χ0) is 38.0. The number of fused-ring (bicyclic) bond motifs is 1. The Bertz CT molecular complexity index is 1970. The van der Waals surface area contributed by atoms with Crippen molar-refractivity contribution in [3.8, 4) is 11.1 Å². The Morgan fingerprint density at radius 1 is 0.962 bits per heavy atom. The summed E-state index contributed by atoms with van der Waals surface area (Å²) in [7, 11) is 4.72. The largest absolute Gasteiger partial charge is 0.464 e. The van der Waals surface area contributed by atoms with E-state index in [9.17, 15) is 24.0 Å². The molecular weight excluding hydrogens is 658 g/mol. The summed E-state index contributed by atoms with van der Waals surface area (Å²) in [6.07, 6.45) is 3.67. The summed E-state index contributed by atoms with van der Waals surface area (Å²) in [4.78, 5) is 69.8. The fourth-order valence-electron chi connectivity index (χ4n) is 6.78. The number of ether oxygens (including phenoxy) is 2. The number of carbonyl (C=O) groups excluding carboxylic acids is 5. The van der Waals surface area contributed by atoms with Crippen LogP contribution in [-0.4, -0.2) is 73.8 Å². The van der Waals surface area contributed by atoms with Gasteiger partial charge < -0.3 is 24.6 Å². The average Bonchev–Trinajstić information content (AvgIpc) is 3.33. The lowest BCUT2D eigenvalue weighted by atomic mass is 9.85. The van der Waals surface area contributed by atoms with Crippen molar-refractivity contribution < 1.29 is 33.4 Å². The van der Waals surface area contributed by atoms with Crippen LogP contribution in [0.1, 0.15) is 77.9 Å². The molecule has 1 aliphatic carbocycles. The van der Waals surface area contributed by atoms with Crippen LogP contribution in [0.3, 0.4) is 0 Å². The van der Waals surface area contributed by atoms with Crippen molar-refractivity contribution in [2.75, 3.05) is 34.4 Å². The molecule has 0 radical (unpaired) electrons. The lowest BCUT2D eigenvalue weighted by Crippen LogP contribution is -2.52. The summed E-state index contributed by atoms with van der Waals surface area (Å²) >= 11 is 0. The maximum Gasteiger partial charge on any atom is 0.340 e. The van der Waals surface area contributed by atoms with Gasteiger partial charge in [0.2, 0.25) is 5.54 Å². The Kier molecular flexibility index (Phi) is 10.9. The van der Waals surface area contributed by atoms with Crippen LogP contribution in [0.25, 0.3) is 11.1 Å². The van der Waals surface area contributed by atoms with Crippen molar-refractivity contribution in [3.63, 3.8) is 0 Å². The van der Waals surface area contributed by atoms with Gasteiger partial charge in [0.1, 0.15) is 6.61 Å². The molecule has 272 valence electrons. The topological polar surface area (TPSA) is 122 Å². The first kappa shape index (κ1) is 37.7. The van der Waals surface area contributed by atoms with E-state index in [0.717, 1.165) is 16.7 Å². The van der Waals surface area contributed by atoms with Crippen molar-refractivity contribution >= 4 is 29.7 Å². The molecule has 2 atom stereocenters. The van der Waals surface area contributed by atoms with E-state index < -0.39 is 30.0 Å². The highest BCUT2D eigenvalue weighted by atomic mass is 16.6. The maximum absolute atomic E-state index is 13.9. The van der Waals surface area contributed by atoms with Gasteiger partial charge in [0.15, 0.2) is 0 Å². The zero-order valence-electron chi connectivity index (χ0n) is 31.2. The third-order valence-electron chi connectivity index (χ3n) is 9.72. The normalized spacial score (nSPS) is 18.2. The lowest BCUT2D eigenvalue weighted by molar-refractivity contribution is -0.164. The van der Waals surface area contributed by atoms with E-state index in [4.69, 9.17) is 9.47 Å². The Hall–Kier alpha value is -5.51. The smallest absolute Gasteiger partial charge is 0.340 e. The van der Waals surface area contributed by atoms with E-state index in [1.54, 1.807) is 63.5 Å². The summed E-state index contributed by atoms with van der Waals surface area (Å²) in [5.41, 5.74) is 4.02. The fourth-order valence-corrected chi connectivity index (χ4v) is 6.78. The SMILES string of the molecule is CCOC(=O)[C@]1(COC(=O)CC2C=C(C(=O)N(C)C)C(NC(=O)c3cccc(C)c3-c3ccc(C(C)(C)C)cc3)=CC2)c2ccccc2C(=O)N1C. The number of esters is 2. The van der Waals surface area contributed by atoms with Crippen molar-refractivity contribution in [2.45, 2.75) is 58.4 Å². The van der Waals surface area contributed by atoms with Crippen molar-refractivity contribution in [2.24, 2.45) is 5.92 Å². The Balaban J connectivity index is 1.35. The molecule has 0 bridgehead atoms. The molecule has 1 aliphatic heterocycles. The van der Waals surface area contributed by atoms with E-state index in [0.29, 0.717) is 28.8 Å². The number of carbonyl (C=O) groups is 5. The predicted octanol–water partition coefficient (Wildman–Crippen LogP) is 6.09. The molecule has 1 heterocycles. The number of benzene rings is 3. The summed E-state index contributed by atoms with van der Waals surface area (Å²) in [5.74, 6) is -2.82. The van der Waals surface area contributed by atoms with Gasteiger partial charge in [-0.1, -0.05) is 87.5 Å². The number of nitrogens with zero attached hydrogens (tertiary/aromatic N) is 2. The van der Waals surface area contributed by atoms with Gasteiger partial charge in [0.25, 0.3) is 17.7 Å². The molecule has 0 spiro atoms. The third-order valence-corrected chi connectivity index (χ3v) is 9.72. The number of likely N-dealkylation sites (N-methyl/N-ethyl adjacent to an activating group) is 2. The van der Waals surface area contributed by atoms with E-state index in [-0.39, 0.29) is 41.7 Å². The fraction of sp³-hybridized carbons (Fsp3) is 0.357. The van der Waals surface area contributed by atoms with Gasteiger partial charge in [-0.15, -0.1) is 0 Å². The van der Waals surface area contributed by atoms with Gasteiger partial charge in [-0.3, -0.25) is 19.2 Å². The van der Waals surface area contributed by atoms with Crippen molar-refractivity contribution in [1.82, 2.24) is 15.1 Å². The second-order valence-corrected chi connectivity index (χ2v) is 14.5. The first-order valence-electron chi connectivity index (χ1n) is 17.5. The van der Waals surface area contributed by atoms with Crippen LogP contribution in [0.5, 0.6) is 0 Å². The summed E-state index contributed by atoms with van der Waals surface area (Å²) < 4.78 is 11.1. The molecule has 52 heavy (non-hydrogen) atoms. The highest BCUT2D eigenvalue weighted by molar-refractivity contribution is 6.06. The molecule has 1 N–H and O–H groups in total. The first-order chi connectivity index (χ1) is 24.6. The van der Waals surface area contributed by atoms with Crippen LogP contribution in [0.2, 0.25) is 0 Å². The van der Waals surface area contributed by atoms with Crippen LogP contribution < -0.4 is 5.32 Å². The molecule has 1 unspecified atom stereocenters. The maximum atomic E-state index is 13.9. The first-order valence-corrected chi connectivity index (χ1v) is 17.5. The summed E-state index contributed by atoms with van der Waals surface area (Å²) in [6, 6.07) is 20.5. The molecule has 0 saturated carbocycles. The average molecular weight is 706 g/mol. The van der Waals surface area contributed by atoms with E-state index in [1.165, 1.54) is 22.4 Å². The van der Waals surface area contributed by atoms with Crippen LogP contribution in [-0.2, 0) is 34.8 Å². The predicted molar refractivity (Wildman–Crippen MR) is 198 cm³/mol. The van der Waals surface area contributed by atoms with Crippen LogP contribution >= 0.6 is 0 Å². The number of nitrogens with one attached hydrogen (secondary N) is 1. The summed E-state index contributed by atoms with van der Waals surface area (Å²) in [6.45, 7) is 9.73. The molecule has 3 amide bonds. The van der Waals surface area contributed by atoms with Crippen molar-refractivity contribution in [3.05, 3.63) is 118 Å². The van der Waals surface area contributed by atoms with E-state index in [2.05, 4.69) is 38.2 Å². The minimum atomic E-state index is -1.63. The second-order valence-electron chi connectivity index (χ2n) is 14.5. The third kappa shape index (κ3) is 7.28. The Labute approximate surface area is 305 Å². The van der Waals surface area contributed by atoms with E-state index >= 15 is 0 Å². The van der Waals surface area contributed by atoms with Crippen LogP contribution in [0, 0.1) is 12.8 Å². The molecule has 10 nitrogen and oxygen atoms in total. The lowest BCUT2D eigenvalue weighted by Gasteiger charge is -2.33. The molecule has 10 heteroatoms. The van der Waals surface area contributed by atoms with Gasteiger partial charge in [-0.2, -0.15) is 0 Å². The molecule has 2 aliphatic rings. The molecule has 3 aromatic carbocycles. The minimum absolute atomic E-state index is 0.0155. The van der Waals surface area contributed by atoms with Crippen LogP contribution in [0.4, 0.5) is 0 Å². The van der Waals surface area contributed by atoms with Gasteiger partial charge in [0, 0.05) is 43.5 Å². The van der Waals surface area contributed by atoms with E-state index in [1.807, 2.05) is 31.2 Å². The summed E-state index contributed by atoms with van der Waals surface area (Å²) in [5, 5.41) is 2.98. The number of aryl methyl sites for hydroxylation is 1. The molecular formula is C42H47N3O7. The molecule has 3 aromatic rings. The Morgan fingerprint density at radius 2 is 1.65 bits per heavy atom. The highest BCUT2D eigenvalue weighted by Crippen LogP contribution is 2.40. The number of hydrogen-bond acceptors (Lipinski definition) is 7. The van der Waals surface area contributed by atoms with Gasteiger partial charge in [0.05, 0.1) is 18.6 Å². The van der Waals surface area contributed by atoms with Gasteiger partial charge in [-0.25, -0.2) is 4.79 Å². The highest BCUT2D eigenvalue weighted by Gasteiger charge is 2.55. The van der Waals surface area contributed by atoms with Gasteiger partial charge >= 0.3 is 11.9 Å². The number of hydrogen-bond donors (Lipinski definition) is 1. The number of rotatable bonds is 10. The monoisotopic (exact) mass is 705 g/mol. The quantitative estimate of drug-likeness (QED) is 0.254. The number of allylic oxidation sites excluding steroid dienone is 2. The Morgan fingerprint density at radius 3 is 2.31 bits per heavy atom. The molecule has 0 saturated heterocycles. The minimum Gasteiger partial charge on any atom is -0.464 e. The van der Waals surface area contributed by atoms with Gasteiger partial charge in [-0.05, 0) is 66.0 Å². The molecule has 5 rings (SSSR count).